The molecule has 0 saturated carbocycles. The zero-order chi connectivity index (χ0) is 11.4. The Kier molecular flexibility index (Phi) is 2.88. The van der Waals surface area contributed by atoms with E-state index in [-0.39, 0.29) is 5.69 Å². The largest absolute Gasteiger partial charge is 0.289 e. The standard InChI is InChI=1S/C11H10N4O/c12-15-11(16)10-7-13-9(6-14-10)8-4-2-1-3-5-8/h1-7H,12H2,(H,15,16). The number of rotatable bonds is 2. The van der Waals surface area contributed by atoms with Crippen LogP contribution < -0.4 is 11.3 Å². The third-order valence-electron chi connectivity index (χ3n) is 2.09. The topological polar surface area (TPSA) is 80.9 Å². The molecule has 2 rings (SSSR count). The van der Waals surface area contributed by atoms with Crippen LogP contribution in [0.2, 0.25) is 0 Å². The van der Waals surface area contributed by atoms with E-state index >= 15 is 0 Å². The van der Waals surface area contributed by atoms with Crippen molar-refractivity contribution in [2.45, 2.75) is 0 Å². The van der Waals surface area contributed by atoms with Crippen molar-refractivity contribution in [1.29, 1.82) is 0 Å². The zero-order valence-corrected chi connectivity index (χ0v) is 8.42. The number of amides is 1. The highest BCUT2D eigenvalue weighted by Crippen LogP contribution is 2.14. The normalized spacial score (nSPS) is 9.81. The van der Waals surface area contributed by atoms with E-state index in [0.29, 0.717) is 5.69 Å². The minimum absolute atomic E-state index is 0.196. The molecule has 1 aromatic carbocycles. The van der Waals surface area contributed by atoms with Gasteiger partial charge in [0, 0.05) is 5.56 Å². The van der Waals surface area contributed by atoms with Crippen LogP contribution in [-0.4, -0.2) is 15.9 Å². The molecule has 1 heterocycles. The van der Waals surface area contributed by atoms with Gasteiger partial charge in [-0.15, -0.1) is 0 Å². The third-order valence-corrected chi connectivity index (χ3v) is 2.09. The molecule has 1 amide bonds. The zero-order valence-electron chi connectivity index (χ0n) is 8.42. The summed E-state index contributed by atoms with van der Waals surface area (Å²) in [6.07, 6.45) is 2.93. The Balaban J connectivity index is 2.30. The molecule has 16 heavy (non-hydrogen) atoms. The number of hydrogen-bond acceptors (Lipinski definition) is 4. The number of hydrazine groups is 1. The fraction of sp³-hybridized carbons (Fsp3) is 0. The van der Waals surface area contributed by atoms with Gasteiger partial charge in [0.25, 0.3) is 5.91 Å². The van der Waals surface area contributed by atoms with Crippen molar-refractivity contribution in [1.82, 2.24) is 15.4 Å². The van der Waals surface area contributed by atoms with Crippen molar-refractivity contribution in [3.05, 3.63) is 48.4 Å². The number of nitrogens with zero attached hydrogens (tertiary/aromatic N) is 2. The van der Waals surface area contributed by atoms with Gasteiger partial charge in [0.05, 0.1) is 18.1 Å². The maximum Gasteiger partial charge on any atom is 0.285 e. The first-order valence-electron chi connectivity index (χ1n) is 4.69. The van der Waals surface area contributed by atoms with Crippen LogP contribution in [0.3, 0.4) is 0 Å². The maximum atomic E-state index is 11.1. The van der Waals surface area contributed by atoms with Gasteiger partial charge in [-0.25, -0.2) is 10.8 Å². The first-order valence-corrected chi connectivity index (χ1v) is 4.69. The number of benzene rings is 1. The smallest absolute Gasteiger partial charge is 0.285 e. The maximum absolute atomic E-state index is 11.1. The minimum atomic E-state index is -0.452. The van der Waals surface area contributed by atoms with Crippen LogP contribution >= 0.6 is 0 Å². The van der Waals surface area contributed by atoms with Crippen molar-refractivity contribution in [2.24, 2.45) is 5.84 Å². The average Bonchev–Trinajstić information content (AvgIpc) is 2.39. The SMILES string of the molecule is NNC(=O)c1cnc(-c2ccccc2)cn1. The summed E-state index contributed by atoms with van der Waals surface area (Å²) in [5.41, 5.74) is 3.87. The molecule has 0 spiro atoms. The summed E-state index contributed by atoms with van der Waals surface area (Å²) >= 11 is 0. The van der Waals surface area contributed by atoms with Crippen LogP contribution in [-0.2, 0) is 0 Å². The molecule has 3 N–H and O–H groups in total. The van der Waals surface area contributed by atoms with E-state index in [1.165, 1.54) is 6.20 Å². The summed E-state index contributed by atoms with van der Waals surface area (Å²) in [5, 5.41) is 0. The Morgan fingerprint density at radius 3 is 2.44 bits per heavy atom. The van der Waals surface area contributed by atoms with E-state index in [9.17, 15) is 4.79 Å². The van der Waals surface area contributed by atoms with E-state index in [0.717, 1.165) is 5.56 Å². The molecule has 0 aliphatic carbocycles. The molecule has 5 heteroatoms. The van der Waals surface area contributed by atoms with Crippen molar-refractivity contribution in [3.8, 4) is 11.3 Å². The van der Waals surface area contributed by atoms with E-state index in [4.69, 9.17) is 5.84 Å². The lowest BCUT2D eigenvalue weighted by atomic mass is 10.2. The third kappa shape index (κ3) is 2.04. The summed E-state index contributed by atoms with van der Waals surface area (Å²) in [7, 11) is 0. The monoisotopic (exact) mass is 214 g/mol. The number of hydrogen-bond donors (Lipinski definition) is 2. The fourth-order valence-corrected chi connectivity index (χ4v) is 1.28. The van der Waals surface area contributed by atoms with Gasteiger partial charge in [-0.3, -0.25) is 15.2 Å². The van der Waals surface area contributed by atoms with Crippen molar-refractivity contribution in [3.63, 3.8) is 0 Å². The Labute approximate surface area is 92.3 Å². The molecular formula is C11H10N4O. The quantitative estimate of drug-likeness (QED) is 0.439. The van der Waals surface area contributed by atoms with Gasteiger partial charge < -0.3 is 0 Å². The molecular weight excluding hydrogens is 204 g/mol. The number of nitrogen functional groups attached to an aromatic ring is 1. The van der Waals surface area contributed by atoms with Gasteiger partial charge in [0.1, 0.15) is 5.69 Å². The minimum Gasteiger partial charge on any atom is -0.289 e. The predicted octanol–water partition coefficient (Wildman–Crippen LogP) is 0.747. The number of carbonyl (C=O) groups excluding carboxylic acids is 1. The van der Waals surface area contributed by atoms with Crippen LogP contribution in [0.25, 0.3) is 11.3 Å². The van der Waals surface area contributed by atoms with Gasteiger partial charge in [-0.1, -0.05) is 30.3 Å². The van der Waals surface area contributed by atoms with Gasteiger partial charge in [-0.05, 0) is 0 Å². The Morgan fingerprint density at radius 1 is 1.12 bits per heavy atom. The second-order valence-electron chi connectivity index (χ2n) is 3.13. The first-order chi connectivity index (χ1) is 7.81. The number of carbonyl (C=O) groups is 1. The van der Waals surface area contributed by atoms with Gasteiger partial charge >= 0.3 is 0 Å². The summed E-state index contributed by atoms with van der Waals surface area (Å²) in [6.45, 7) is 0. The lowest BCUT2D eigenvalue weighted by Gasteiger charge is -2.01. The molecule has 0 atom stereocenters. The van der Waals surface area contributed by atoms with Crippen molar-refractivity contribution < 1.29 is 4.79 Å². The molecule has 0 aliphatic heterocycles. The summed E-state index contributed by atoms with van der Waals surface area (Å²) in [6, 6.07) is 9.60. The van der Waals surface area contributed by atoms with E-state index < -0.39 is 5.91 Å². The second-order valence-corrected chi connectivity index (χ2v) is 3.13. The molecule has 80 valence electrons. The Morgan fingerprint density at radius 2 is 1.88 bits per heavy atom. The highest BCUT2D eigenvalue weighted by atomic mass is 16.2. The van der Waals surface area contributed by atoms with Gasteiger partial charge in [0.2, 0.25) is 0 Å². The molecule has 2 aromatic rings. The second kappa shape index (κ2) is 4.50. The molecule has 0 aliphatic rings. The number of aromatic nitrogens is 2. The van der Waals surface area contributed by atoms with Gasteiger partial charge in [-0.2, -0.15) is 0 Å². The van der Waals surface area contributed by atoms with Crippen LogP contribution in [0.4, 0.5) is 0 Å². The van der Waals surface area contributed by atoms with Gasteiger partial charge in [0.15, 0.2) is 0 Å². The fourth-order valence-electron chi connectivity index (χ4n) is 1.28. The van der Waals surface area contributed by atoms with E-state index in [1.54, 1.807) is 6.20 Å². The van der Waals surface area contributed by atoms with E-state index in [1.807, 2.05) is 35.8 Å². The average molecular weight is 214 g/mol. The molecule has 0 saturated heterocycles. The van der Waals surface area contributed by atoms with Crippen LogP contribution in [0.15, 0.2) is 42.7 Å². The molecule has 0 radical (unpaired) electrons. The molecule has 0 unspecified atom stereocenters. The molecule has 0 fully saturated rings. The predicted molar refractivity (Wildman–Crippen MR) is 59.1 cm³/mol. The molecule has 1 aromatic heterocycles. The van der Waals surface area contributed by atoms with Crippen LogP contribution in [0.1, 0.15) is 10.5 Å². The Bertz CT molecular complexity index is 481. The molecule has 0 bridgehead atoms. The summed E-state index contributed by atoms with van der Waals surface area (Å²) in [4.78, 5) is 19.2. The van der Waals surface area contributed by atoms with Crippen LogP contribution in [0.5, 0.6) is 0 Å². The Hall–Kier alpha value is -2.27. The lowest BCUT2D eigenvalue weighted by molar-refractivity contribution is 0.0948. The number of nitrogens with one attached hydrogen (secondary N) is 1. The van der Waals surface area contributed by atoms with Crippen LogP contribution in [0, 0.1) is 0 Å². The lowest BCUT2D eigenvalue weighted by Crippen LogP contribution is -2.30. The highest BCUT2D eigenvalue weighted by Gasteiger charge is 2.06. The van der Waals surface area contributed by atoms with Crippen molar-refractivity contribution >= 4 is 5.91 Å². The van der Waals surface area contributed by atoms with E-state index in [2.05, 4.69) is 9.97 Å². The summed E-state index contributed by atoms with van der Waals surface area (Å²) < 4.78 is 0. The number of nitrogens with two attached hydrogens (primary N) is 1. The first kappa shape index (κ1) is 10.3. The molecule has 5 nitrogen and oxygen atoms in total. The summed E-state index contributed by atoms with van der Waals surface area (Å²) in [5.74, 6) is 4.53. The van der Waals surface area contributed by atoms with Crippen molar-refractivity contribution in [2.75, 3.05) is 0 Å². The highest BCUT2D eigenvalue weighted by molar-refractivity contribution is 5.91.